The maximum absolute atomic E-state index is 13.3. The first-order valence-corrected chi connectivity index (χ1v) is 8.95. The zero-order valence-corrected chi connectivity index (χ0v) is 15.8. The number of hydrogen-bond acceptors (Lipinski definition) is 6. The van der Waals surface area contributed by atoms with Crippen LogP contribution in [-0.2, 0) is 4.79 Å². The van der Waals surface area contributed by atoms with Gasteiger partial charge in [-0.15, -0.1) is 0 Å². The van der Waals surface area contributed by atoms with Crippen LogP contribution in [0, 0.1) is 17.0 Å². The lowest BCUT2D eigenvalue weighted by Crippen LogP contribution is -2.28. The van der Waals surface area contributed by atoms with E-state index in [-0.39, 0.29) is 26.4 Å². The summed E-state index contributed by atoms with van der Waals surface area (Å²) in [7, 11) is 0. The highest BCUT2D eigenvalue weighted by atomic mass is 32.2. The number of nitrogens with zero attached hydrogens (tertiary/aromatic N) is 1. The fraction of sp³-hybridized carbons (Fsp3) is 0.250. The Labute approximate surface area is 157 Å². The summed E-state index contributed by atoms with van der Waals surface area (Å²) in [5.41, 5.74) is 4.66. The van der Waals surface area contributed by atoms with Gasteiger partial charge < -0.3 is 11.1 Å². The standard InChI is InChI=1S/C16H17F2N3O3S2/c1-16(2,3)15(23)20-14-9(13(19)22)7-12(25-14)21(24)26-8-4-5-10(17)11(18)6-8/h4-7,24H,1-3H3,(H2,19,22)(H,20,23). The molecule has 0 aliphatic heterocycles. The number of thiophene rings is 1. The largest absolute Gasteiger partial charge is 0.366 e. The Morgan fingerprint density at radius 3 is 2.42 bits per heavy atom. The van der Waals surface area contributed by atoms with Crippen molar-refractivity contribution in [1.82, 2.24) is 0 Å². The Balaban J connectivity index is 2.26. The second kappa shape index (κ2) is 7.60. The number of carbonyl (C=O) groups excluding carboxylic acids is 2. The van der Waals surface area contributed by atoms with Crippen molar-refractivity contribution in [2.75, 3.05) is 9.79 Å². The van der Waals surface area contributed by atoms with Crippen LogP contribution in [0.15, 0.2) is 29.2 Å². The Kier molecular flexibility index (Phi) is 5.89. The van der Waals surface area contributed by atoms with Gasteiger partial charge in [0.2, 0.25) is 5.91 Å². The van der Waals surface area contributed by atoms with E-state index in [0.29, 0.717) is 16.4 Å². The van der Waals surface area contributed by atoms with E-state index in [1.807, 2.05) is 0 Å². The Bertz CT molecular complexity index is 850. The van der Waals surface area contributed by atoms with E-state index in [2.05, 4.69) is 5.32 Å². The van der Waals surface area contributed by atoms with Crippen LogP contribution in [-0.4, -0.2) is 17.0 Å². The molecule has 0 radical (unpaired) electrons. The summed E-state index contributed by atoms with van der Waals surface area (Å²) in [6, 6.07) is 4.45. The van der Waals surface area contributed by atoms with Crippen molar-refractivity contribution in [3.8, 4) is 0 Å². The number of rotatable bonds is 5. The third-order valence-corrected chi connectivity index (χ3v) is 5.14. The van der Waals surface area contributed by atoms with Crippen LogP contribution < -0.4 is 15.5 Å². The molecule has 0 aliphatic carbocycles. The van der Waals surface area contributed by atoms with Crippen LogP contribution in [0.4, 0.5) is 18.8 Å². The summed E-state index contributed by atoms with van der Waals surface area (Å²) in [4.78, 5) is 24.0. The molecule has 2 aromatic rings. The highest BCUT2D eigenvalue weighted by molar-refractivity contribution is 8.00. The number of halogens is 2. The Morgan fingerprint density at radius 2 is 1.88 bits per heavy atom. The molecule has 0 spiro atoms. The van der Waals surface area contributed by atoms with E-state index in [1.165, 1.54) is 12.1 Å². The molecule has 0 saturated heterocycles. The summed E-state index contributed by atoms with van der Waals surface area (Å²) < 4.78 is 26.9. The highest BCUT2D eigenvalue weighted by Crippen LogP contribution is 2.39. The van der Waals surface area contributed by atoms with Crippen LogP contribution >= 0.6 is 23.3 Å². The summed E-state index contributed by atoms with van der Waals surface area (Å²) in [6.07, 6.45) is 0. The van der Waals surface area contributed by atoms with Crippen molar-refractivity contribution in [3.63, 3.8) is 0 Å². The third kappa shape index (κ3) is 4.71. The number of amides is 2. The van der Waals surface area contributed by atoms with Crippen LogP contribution in [0.3, 0.4) is 0 Å². The Hall–Kier alpha value is -2.17. The molecule has 0 saturated carbocycles. The predicted octanol–water partition coefficient (Wildman–Crippen LogP) is 4.01. The number of carbonyl (C=O) groups is 2. The number of nitrogens with one attached hydrogen (secondary N) is 1. The van der Waals surface area contributed by atoms with Gasteiger partial charge >= 0.3 is 0 Å². The van der Waals surface area contributed by atoms with Crippen molar-refractivity contribution >= 4 is 45.1 Å². The van der Waals surface area contributed by atoms with E-state index in [0.717, 1.165) is 23.5 Å². The molecule has 2 amide bonds. The summed E-state index contributed by atoms with van der Waals surface area (Å²) in [6.45, 7) is 5.12. The molecule has 0 aliphatic rings. The monoisotopic (exact) mass is 401 g/mol. The van der Waals surface area contributed by atoms with Crippen molar-refractivity contribution in [2.45, 2.75) is 25.7 Å². The molecular weight excluding hydrogens is 384 g/mol. The van der Waals surface area contributed by atoms with Gasteiger partial charge in [0.25, 0.3) is 5.91 Å². The molecule has 2 rings (SSSR count). The third-order valence-electron chi connectivity index (χ3n) is 3.16. The van der Waals surface area contributed by atoms with Gasteiger partial charge in [-0.1, -0.05) is 32.1 Å². The summed E-state index contributed by atoms with van der Waals surface area (Å²) >= 11 is 1.63. The average Bonchev–Trinajstić information content (AvgIpc) is 2.94. The molecule has 0 fully saturated rings. The lowest BCUT2D eigenvalue weighted by Gasteiger charge is -2.17. The predicted molar refractivity (Wildman–Crippen MR) is 97.4 cm³/mol. The van der Waals surface area contributed by atoms with E-state index < -0.39 is 23.0 Å². The van der Waals surface area contributed by atoms with Crippen molar-refractivity contribution in [2.24, 2.45) is 11.1 Å². The van der Waals surface area contributed by atoms with E-state index in [9.17, 15) is 23.6 Å². The van der Waals surface area contributed by atoms with E-state index in [4.69, 9.17) is 5.73 Å². The molecule has 0 unspecified atom stereocenters. The summed E-state index contributed by atoms with van der Waals surface area (Å²) in [5, 5.41) is 13.2. The van der Waals surface area contributed by atoms with Crippen molar-refractivity contribution in [3.05, 3.63) is 41.5 Å². The first-order valence-electron chi connectivity index (χ1n) is 7.36. The van der Waals surface area contributed by atoms with Crippen LogP contribution in [0.1, 0.15) is 31.1 Å². The van der Waals surface area contributed by atoms with Gasteiger partial charge in [0.05, 0.1) is 5.56 Å². The maximum atomic E-state index is 13.3. The van der Waals surface area contributed by atoms with E-state index in [1.54, 1.807) is 20.8 Å². The normalized spacial score (nSPS) is 11.3. The quantitative estimate of drug-likeness (QED) is 0.520. The van der Waals surface area contributed by atoms with Crippen molar-refractivity contribution < 1.29 is 23.6 Å². The Morgan fingerprint density at radius 1 is 1.23 bits per heavy atom. The zero-order chi connectivity index (χ0) is 19.6. The van der Waals surface area contributed by atoms with Gasteiger partial charge in [-0.05, 0) is 24.3 Å². The number of hydrogen-bond donors (Lipinski definition) is 3. The van der Waals surface area contributed by atoms with Crippen molar-refractivity contribution in [1.29, 1.82) is 0 Å². The number of benzene rings is 1. The number of anilines is 2. The fourth-order valence-electron chi connectivity index (χ4n) is 1.72. The lowest BCUT2D eigenvalue weighted by molar-refractivity contribution is -0.123. The molecule has 1 aromatic heterocycles. The van der Waals surface area contributed by atoms with Gasteiger partial charge in [-0.25, -0.2) is 8.78 Å². The smallest absolute Gasteiger partial charge is 0.251 e. The fourth-order valence-corrected chi connectivity index (χ4v) is 3.45. The van der Waals surface area contributed by atoms with Crippen LogP contribution in [0.2, 0.25) is 0 Å². The molecule has 1 heterocycles. The maximum Gasteiger partial charge on any atom is 0.251 e. The van der Waals surface area contributed by atoms with E-state index >= 15 is 0 Å². The van der Waals surface area contributed by atoms with Gasteiger partial charge in [0.15, 0.2) is 11.6 Å². The average molecular weight is 401 g/mol. The lowest BCUT2D eigenvalue weighted by atomic mass is 9.96. The number of nitrogens with two attached hydrogens (primary N) is 1. The second-order valence-electron chi connectivity index (χ2n) is 6.34. The van der Waals surface area contributed by atoms with Gasteiger partial charge in [-0.3, -0.25) is 14.8 Å². The molecule has 26 heavy (non-hydrogen) atoms. The molecule has 6 nitrogen and oxygen atoms in total. The molecule has 10 heteroatoms. The SMILES string of the molecule is CC(C)(C)C(=O)Nc1sc(N(O)Sc2ccc(F)c(F)c2)cc1C(N)=O. The summed E-state index contributed by atoms with van der Waals surface area (Å²) in [5.74, 6) is -3.15. The first-order chi connectivity index (χ1) is 12.0. The molecular formula is C16H17F2N3O3S2. The minimum atomic E-state index is -1.05. The minimum Gasteiger partial charge on any atom is -0.366 e. The topological polar surface area (TPSA) is 95.7 Å². The zero-order valence-electron chi connectivity index (χ0n) is 14.2. The highest BCUT2D eigenvalue weighted by Gasteiger charge is 2.25. The van der Waals surface area contributed by atoms with Crippen LogP contribution in [0.5, 0.6) is 0 Å². The molecule has 4 N–H and O–H groups in total. The second-order valence-corrected chi connectivity index (χ2v) is 8.37. The first kappa shape index (κ1) is 20.1. The molecule has 0 atom stereocenters. The molecule has 140 valence electrons. The molecule has 1 aromatic carbocycles. The van der Waals surface area contributed by atoms with Gasteiger partial charge in [0.1, 0.15) is 10.0 Å². The van der Waals surface area contributed by atoms with Gasteiger partial charge in [-0.2, -0.15) is 4.47 Å². The number of primary amides is 1. The minimum absolute atomic E-state index is 0.0348. The van der Waals surface area contributed by atoms with Crippen LogP contribution in [0.25, 0.3) is 0 Å². The van der Waals surface area contributed by atoms with Gasteiger partial charge in [0, 0.05) is 22.3 Å². The molecule has 0 bridgehead atoms.